The molecule has 1 amide bonds. The molecule has 1 fully saturated rings. The van der Waals surface area contributed by atoms with Gasteiger partial charge in [0.1, 0.15) is 5.82 Å². The smallest absolute Gasteiger partial charge is 0.416 e. The maximum absolute atomic E-state index is 13.1. The van der Waals surface area contributed by atoms with Crippen molar-refractivity contribution < 1.29 is 32.6 Å². The SMILES string of the molecule is CN(c1ccc(-c2ccc(C(F)(F)F)cc2)c(C2CCOCC2)c1)c1ccc(C(=O)NCCC(=O)O)cn1. The Morgan fingerprint density at radius 1 is 1.08 bits per heavy atom. The van der Waals surface area contributed by atoms with Crippen LogP contribution < -0.4 is 10.2 Å². The van der Waals surface area contributed by atoms with Crippen molar-refractivity contribution in [2.45, 2.75) is 31.4 Å². The Bertz CT molecular complexity index is 1270. The average Bonchev–Trinajstić information content (AvgIpc) is 2.92. The number of aromatic nitrogens is 1. The molecule has 2 heterocycles. The number of carboxylic acid groups (broad SMARTS) is 1. The number of benzene rings is 2. The zero-order chi connectivity index (χ0) is 27.3. The highest BCUT2D eigenvalue weighted by Crippen LogP contribution is 2.39. The number of alkyl halides is 3. The average molecular weight is 528 g/mol. The summed E-state index contributed by atoms with van der Waals surface area (Å²) < 4.78 is 44.8. The number of hydrogen-bond acceptors (Lipinski definition) is 5. The molecular weight excluding hydrogens is 499 g/mol. The summed E-state index contributed by atoms with van der Waals surface area (Å²) in [5.41, 5.74) is 3.10. The van der Waals surface area contributed by atoms with Gasteiger partial charge in [-0.25, -0.2) is 4.98 Å². The van der Waals surface area contributed by atoms with Crippen molar-refractivity contribution in [1.29, 1.82) is 0 Å². The van der Waals surface area contributed by atoms with Crippen molar-refractivity contribution in [3.63, 3.8) is 0 Å². The van der Waals surface area contributed by atoms with Crippen LogP contribution in [0.3, 0.4) is 0 Å². The molecule has 0 atom stereocenters. The van der Waals surface area contributed by atoms with Crippen molar-refractivity contribution in [3.05, 3.63) is 77.5 Å². The van der Waals surface area contributed by atoms with Crippen LogP contribution in [-0.4, -0.2) is 48.8 Å². The van der Waals surface area contributed by atoms with Gasteiger partial charge in [-0.05, 0) is 71.8 Å². The van der Waals surface area contributed by atoms with Crippen LogP contribution in [-0.2, 0) is 15.7 Å². The van der Waals surface area contributed by atoms with Crippen molar-refractivity contribution in [2.75, 3.05) is 31.7 Å². The van der Waals surface area contributed by atoms with Crippen LogP contribution in [0.5, 0.6) is 0 Å². The van der Waals surface area contributed by atoms with E-state index in [1.165, 1.54) is 18.3 Å². The molecule has 1 saturated heterocycles. The first-order valence-electron chi connectivity index (χ1n) is 12.2. The molecule has 2 aromatic carbocycles. The van der Waals surface area contributed by atoms with Gasteiger partial charge in [0.2, 0.25) is 0 Å². The normalized spacial score (nSPS) is 14.2. The second-order valence-electron chi connectivity index (χ2n) is 9.10. The van der Waals surface area contributed by atoms with E-state index in [2.05, 4.69) is 10.3 Å². The molecule has 10 heteroatoms. The first kappa shape index (κ1) is 27.1. The number of nitrogens with one attached hydrogen (secondary N) is 1. The van der Waals surface area contributed by atoms with Crippen molar-refractivity contribution in [2.24, 2.45) is 0 Å². The number of hydrogen-bond donors (Lipinski definition) is 2. The number of rotatable bonds is 8. The van der Waals surface area contributed by atoms with Crippen molar-refractivity contribution in [1.82, 2.24) is 10.3 Å². The summed E-state index contributed by atoms with van der Waals surface area (Å²) in [6.45, 7) is 1.26. The van der Waals surface area contributed by atoms with E-state index in [4.69, 9.17) is 9.84 Å². The summed E-state index contributed by atoms with van der Waals surface area (Å²) in [6.07, 6.45) is -1.51. The van der Waals surface area contributed by atoms with E-state index in [1.54, 1.807) is 12.1 Å². The predicted molar refractivity (Wildman–Crippen MR) is 137 cm³/mol. The maximum Gasteiger partial charge on any atom is 0.416 e. The molecule has 0 bridgehead atoms. The molecule has 0 spiro atoms. The molecule has 7 nitrogen and oxygen atoms in total. The van der Waals surface area contributed by atoms with Gasteiger partial charge in [-0.2, -0.15) is 13.2 Å². The van der Waals surface area contributed by atoms with Gasteiger partial charge in [0.05, 0.1) is 17.5 Å². The second kappa shape index (κ2) is 11.6. The van der Waals surface area contributed by atoms with Crippen molar-refractivity contribution in [3.8, 4) is 11.1 Å². The number of amides is 1. The van der Waals surface area contributed by atoms with Crippen LogP contribution in [0.15, 0.2) is 60.8 Å². The Morgan fingerprint density at radius 3 is 2.39 bits per heavy atom. The highest BCUT2D eigenvalue weighted by atomic mass is 19.4. The molecule has 200 valence electrons. The van der Waals surface area contributed by atoms with E-state index in [9.17, 15) is 22.8 Å². The lowest BCUT2D eigenvalue weighted by molar-refractivity contribution is -0.138. The van der Waals surface area contributed by atoms with E-state index in [1.807, 2.05) is 30.1 Å². The van der Waals surface area contributed by atoms with Crippen LogP contribution in [0.4, 0.5) is 24.7 Å². The third-order valence-electron chi connectivity index (χ3n) is 6.58. The van der Waals surface area contributed by atoms with Gasteiger partial charge < -0.3 is 20.1 Å². The number of carboxylic acids is 1. The van der Waals surface area contributed by atoms with Gasteiger partial charge in [-0.15, -0.1) is 0 Å². The maximum atomic E-state index is 13.1. The molecule has 1 aliphatic heterocycles. The lowest BCUT2D eigenvalue weighted by Crippen LogP contribution is -2.26. The van der Waals surface area contributed by atoms with Gasteiger partial charge in [-0.3, -0.25) is 9.59 Å². The first-order valence-corrected chi connectivity index (χ1v) is 12.2. The van der Waals surface area contributed by atoms with E-state index in [-0.39, 0.29) is 18.9 Å². The third-order valence-corrected chi connectivity index (χ3v) is 6.58. The number of anilines is 2. The quantitative estimate of drug-likeness (QED) is 0.394. The summed E-state index contributed by atoms with van der Waals surface area (Å²) in [5, 5.41) is 11.3. The third kappa shape index (κ3) is 6.49. The Balaban J connectivity index is 1.59. The summed E-state index contributed by atoms with van der Waals surface area (Å²) in [4.78, 5) is 29.1. The highest BCUT2D eigenvalue weighted by molar-refractivity contribution is 5.94. The van der Waals surface area contributed by atoms with Crippen LogP contribution in [0, 0.1) is 0 Å². The van der Waals surface area contributed by atoms with Crippen LogP contribution in [0.25, 0.3) is 11.1 Å². The number of carbonyl (C=O) groups excluding carboxylic acids is 1. The van der Waals surface area contributed by atoms with E-state index in [0.29, 0.717) is 30.2 Å². The summed E-state index contributed by atoms with van der Waals surface area (Å²) >= 11 is 0. The molecular formula is C28H28F3N3O4. The molecule has 3 aromatic rings. The molecule has 1 aromatic heterocycles. The Kier molecular flexibility index (Phi) is 8.31. The minimum Gasteiger partial charge on any atom is -0.481 e. The highest BCUT2D eigenvalue weighted by Gasteiger charge is 2.30. The van der Waals surface area contributed by atoms with Gasteiger partial charge >= 0.3 is 12.1 Å². The molecule has 4 rings (SSSR count). The molecule has 2 N–H and O–H groups in total. The molecule has 0 saturated carbocycles. The second-order valence-corrected chi connectivity index (χ2v) is 9.10. The number of carbonyl (C=O) groups is 2. The molecule has 0 unspecified atom stereocenters. The fraction of sp³-hybridized carbons (Fsp3) is 0.321. The zero-order valence-corrected chi connectivity index (χ0v) is 20.8. The Labute approximate surface area is 218 Å². The van der Waals surface area contributed by atoms with Crippen LogP contribution in [0.1, 0.15) is 46.7 Å². The number of aliphatic carboxylic acids is 1. The Hall–Kier alpha value is -3.92. The summed E-state index contributed by atoms with van der Waals surface area (Å²) in [7, 11) is 1.84. The number of halogens is 3. The fourth-order valence-corrected chi connectivity index (χ4v) is 4.44. The topological polar surface area (TPSA) is 91.8 Å². The minimum absolute atomic E-state index is 0.0239. The first-order chi connectivity index (χ1) is 18.1. The molecule has 0 aliphatic carbocycles. The monoisotopic (exact) mass is 527 g/mol. The van der Waals surface area contributed by atoms with E-state index < -0.39 is 23.6 Å². The number of ether oxygens (including phenoxy) is 1. The zero-order valence-electron chi connectivity index (χ0n) is 20.8. The van der Waals surface area contributed by atoms with E-state index >= 15 is 0 Å². The molecule has 0 radical (unpaired) electrons. The molecule has 1 aliphatic rings. The number of nitrogens with zero attached hydrogens (tertiary/aromatic N) is 2. The van der Waals surface area contributed by atoms with Crippen molar-refractivity contribution >= 4 is 23.4 Å². The van der Waals surface area contributed by atoms with Gasteiger partial charge in [0.15, 0.2) is 0 Å². The largest absolute Gasteiger partial charge is 0.481 e. The fourth-order valence-electron chi connectivity index (χ4n) is 4.44. The van der Waals surface area contributed by atoms with Gasteiger partial charge in [-0.1, -0.05) is 18.2 Å². The van der Waals surface area contributed by atoms with Gasteiger partial charge in [0, 0.05) is 38.7 Å². The lowest BCUT2D eigenvalue weighted by Gasteiger charge is -2.27. The number of pyridine rings is 1. The predicted octanol–water partition coefficient (Wildman–Crippen LogP) is 5.63. The lowest BCUT2D eigenvalue weighted by atomic mass is 9.85. The van der Waals surface area contributed by atoms with Crippen LogP contribution in [0.2, 0.25) is 0 Å². The van der Waals surface area contributed by atoms with Gasteiger partial charge in [0.25, 0.3) is 5.91 Å². The Morgan fingerprint density at radius 2 is 1.79 bits per heavy atom. The standard InChI is InChI=1S/C28H28F3N3O4/c1-34(25-9-4-20(17-33-25)27(37)32-13-10-26(35)36)22-7-8-23(24(16-22)19-11-14-38-15-12-19)18-2-5-21(6-3-18)28(29,30)31/h2-9,16-17,19H,10-15H2,1H3,(H,32,37)(H,35,36). The molecule has 38 heavy (non-hydrogen) atoms. The summed E-state index contributed by atoms with van der Waals surface area (Å²) in [6, 6.07) is 14.4. The minimum atomic E-state index is -4.39. The van der Waals surface area contributed by atoms with Crippen LogP contribution >= 0.6 is 0 Å². The summed E-state index contributed by atoms with van der Waals surface area (Å²) in [5.74, 6) is -0.618. The van der Waals surface area contributed by atoms with E-state index in [0.717, 1.165) is 41.8 Å².